The van der Waals surface area contributed by atoms with Gasteiger partial charge in [-0.1, -0.05) is 11.6 Å². The van der Waals surface area contributed by atoms with Crippen molar-refractivity contribution in [1.82, 2.24) is 3.53 Å². The number of allylic oxidation sites excluding steroid dienone is 2. The Bertz CT molecular complexity index is 1010. The van der Waals surface area contributed by atoms with E-state index in [2.05, 4.69) is 3.53 Å². The lowest BCUT2D eigenvalue weighted by molar-refractivity contribution is 0.568. The molecule has 1 atom stereocenters. The first-order valence-electron chi connectivity index (χ1n) is 7.86. The van der Waals surface area contributed by atoms with Crippen LogP contribution in [0.5, 0.6) is 0 Å². The topological polar surface area (TPSA) is 98.2 Å². The fourth-order valence-corrected chi connectivity index (χ4v) is 4.73. The van der Waals surface area contributed by atoms with Crippen molar-refractivity contribution in [2.45, 2.75) is 10.1 Å². The van der Waals surface area contributed by atoms with Crippen LogP contribution in [0, 0.1) is 11.6 Å². The number of halogens is 4. The third-order valence-corrected chi connectivity index (χ3v) is 6.47. The van der Waals surface area contributed by atoms with Crippen molar-refractivity contribution in [3.8, 4) is 0 Å². The maximum Gasteiger partial charge on any atom is 0.191 e. The fraction of sp³-hybridized carbons (Fsp3) is 0.111. The second-order valence-corrected chi connectivity index (χ2v) is 9.00. The SMILES string of the molecule is N/C(=C\C=C(/N)C(c1cc(F)ccc1F)S(=O)(=O)c1ccc(Cl)cc1)CNI. The van der Waals surface area contributed by atoms with Crippen molar-refractivity contribution in [3.05, 3.63) is 88.2 Å². The quantitative estimate of drug-likeness (QED) is 0.283. The Morgan fingerprint density at radius 3 is 2.39 bits per heavy atom. The molecular weight excluding hydrogens is 523 g/mol. The van der Waals surface area contributed by atoms with Gasteiger partial charge in [0.25, 0.3) is 0 Å². The van der Waals surface area contributed by atoms with Crippen LogP contribution in [0.2, 0.25) is 5.02 Å². The second kappa shape index (κ2) is 9.68. The molecule has 0 heterocycles. The number of nitrogens with two attached hydrogens (primary N) is 2. The van der Waals surface area contributed by atoms with Crippen LogP contribution in [0.25, 0.3) is 0 Å². The maximum absolute atomic E-state index is 14.4. The summed E-state index contributed by atoms with van der Waals surface area (Å²) in [7, 11) is -4.22. The van der Waals surface area contributed by atoms with Crippen LogP contribution >= 0.6 is 34.5 Å². The first kappa shape index (κ1) is 22.6. The average molecular weight is 540 g/mol. The van der Waals surface area contributed by atoms with E-state index < -0.39 is 32.3 Å². The summed E-state index contributed by atoms with van der Waals surface area (Å²) >= 11 is 7.71. The van der Waals surface area contributed by atoms with Crippen LogP contribution in [0.4, 0.5) is 8.78 Å². The zero-order chi connectivity index (χ0) is 20.9. The van der Waals surface area contributed by atoms with Crippen LogP contribution in [-0.2, 0) is 9.84 Å². The van der Waals surface area contributed by atoms with Gasteiger partial charge in [0.15, 0.2) is 9.84 Å². The van der Waals surface area contributed by atoms with Crippen molar-refractivity contribution < 1.29 is 17.2 Å². The van der Waals surface area contributed by atoms with E-state index >= 15 is 0 Å². The molecule has 2 aromatic rings. The average Bonchev–Trinajstić information content (AvgIpc) is 2.63. The van der Waals surface area contributed by atoms with Crippen LogP contribution < -0.4 is 15.0 Å². The van der Waals surface area contributed by atoms with Gasteiger partial charge in [-0.2, -0.15) is 0 Å². The monoisotopic (exact) mass is 539 g/mol. The van der Waals surface area contributed by atoms with E-state index in [1.54, 1.807) is 0 Å². The van der Waals surface area contributed by atoms with Crippen molar-refractivity contribution in [3.63, 3.8) is 0 Å². The molecule has 0 radical (unpaired) electrons. The van der Waals surface area contributed by atoms with Gasteiger partial charge in [0.2, 0.25) is 0 Å². The largest absolute Gasteiger partial charge is 0.401 e. The molecule has 0 aliphatic heterocycles. The van der Waals surface area contributed by atoms with Crippen molar-refractivity contribution in [2.75, 3.05) is 6.54 Å². The Morgan fingerprint density at radius 2 is 1.79 bits per heavy atom. The van der Waals surface area contributed by atoms with Crippen LogP contribution in [0.1, 0.15) is 10.8 Å². The third kappa shape index (κ3) is 5.43. The van der Waals surface area contributed by atoms with Gasteiger partial charge in [0, 0.05) is 51.4 Å². The highest BCUT2D eigenvalue weighted by Crippen LogP contribution is 2.35. The van der Waals surface area contributed by atoms with Gasteiger partial charge in [-0.25, -0.2) is 17.2 Å². The first-order chi connectivity index (χ1) is 13.2. The molecular formula is C18H17ClF2IN3O2S. The molecule has 2 rings (SSSR count). The van der Waals surface area contributed by atoms with Crippen LogP contribution in [0.3, 0.4) is 0 Å². The van der Waals surface area contributed by atoms with E-state index in [9.17, 15) is 17.2 Å². The zero-order valence-electron chi connectivity index (χ0n) is 14.4. The summed E-state index contributed by atoms with van der Waals surface area (Å²) in [5.74, 6) is -1.68. The fourth-order valence-electron chi connectivity index (χ4n) is 2.43. The predicted molar refractivity (Wildman–Crippen MR) is 114 cm³/mol. The molecule has 0 spiro atoms. The van der Waals surface area contributed by atoms with Gasteiger partial charge in [0.05, 0.1) is 4.90 Å². The summed E-state index contributed by atoms with van der Waals surface area (Å²) in [6.45, 7) is 0.327. The number of benzene rings is 2. The van der Waals surface area contributed by atoms with Gasteiger partial charge < -0.3 is 11.5 Å². The Hall–Kier alpha value is -1.69. The zero-order valence-corrected chi connectivity index (χ0v) is 18.1. The molecule has 0 aliphatic carbocycles. The molecule has 28 heavy (non-hydrogen) atoms. The molecule has 5 nitrogen and oxygen atoms in total. The number of rotatable bonds is 7. The minimum Gasteiger partial charge on any atom is -0.401 e. The van der Waals surface area contributed by atoms with Crippen molar-refractivity contribution >= 4 is 44.3 Å². The van der Waals surface area contributed by atoms with Crippen molar-refractivity contribution in [2.24, 2.45) is 11.5 Å². The van der Waals surface area contributed by atoms with Gasteiger partial charge in [-0.05, 0) is 54.6 Å². The first-order valence-corrected chi connectivity index (χ1v) is 10.9. The summed E-state index contributed by atoms with van der Waals surface area (Å²) in [5.41, 5.74) is 11.5. The lowest BCUT2D eigenvalue weighted by atomic mass is 10.1. The van der Waals surface area contributed by atoms with Gasteiger partial charge in [-0.15, -0.1) is 0 Å². The van der Waals surface area contributed by atoms with Gasteiger partial charge >= 0.3 is 0 Å². The lowest BCUT2D eigenvalue weighted by Crippen LogP contribution is -2.22. The predicted octanol–water partition coefficient (Wildman–Crippen LogP) is 3.76. The summed E-state index contributed by atoms with van der Waals surface area (Å²) in [5, 5.41) is -1.32. The highest BCUT2D eigenvalue weighted by atomic mass is 127. The molecule has 150 valence electrons. The van der Waals surface area contributed by atoms with Gasteiger partial charge in [-0.3, -0.25) is 3.53 Å². The number of hydrogen-bond acceptors (Lipinski definition) is 5. The van der Waals surface area contributed by atoms with Crippen LogP contribution in [-0.4, -0.2) is 15.0 Å². The molecule has 0 saturated heterocycles. The molecule has 0 amide bonds. The smallest absolute Gasteiger partial charge is 0.191 e. The summed E-state index contributed by atoms with van der Waals surface area (Å²) in [6.07, 6.45) is 2.67. The standard InChI is InChI=1S/C18H17ClF2IN3O2S/c19-11-1-5-14(6-2-11)28(26,27)18(15-9-12(20)3-7-16(15)21)17(24)8-4-13(23)10-25-22/h1-9,18,25H,10,23-24H2/b13-4-,17-8-. The summed E-state index contributed by atoms with van der Waals surface area (Å²) in [6, 6.07) is 7.89. The molecule has 2 aromatic carbocycles. The van der Waals surface area contributed by atoms with E-state index in [1.807, 2.05) is 22.9 Å². The Kier molecular flexibility index (Phi) is 7.81. The third-order valence-electron chi connectivity index (χ3n) is 3.76. The lowest BCUT2D eigenvalue weighted by Gasteiger charge is -2.20. The molecule has 0 aliphatic rings. The molecule has 5 N–H and O–H groups in total. The van der Waals surface area contributed by atoms with Gasteiger partial charge in [0.1, 0.15) is 16.9 Å². The molecule has 1 unspecified atom stereocenters. The molecule has 0 bridgehead atoms. The highest BCUT2D eigenvalue weighted by molar-refractivity contribution is 14.1. The number of hydrogen-bond donors (Lipinski definition) is 3. The summed E-state index contributed by atoms with van der Waals surface area (Å²) in [4.78, 5) is -0.132. The van der Waals surface area contributed by atoms with Crippen molar-refractivity contribution in [1.29, 1.82) is 0 Å². The Labute approximate surface area is 180 Å². The minimum absolute atomic E-state index is 0.132. The van der Waals surface area contributed by atoms with E-state index in [4.69, 9.17) is 23.1 Å². The highest BCUT2D eigenvalue weighted by Gasteiger charge is 2.33. The second-order valence-electron chi connectivity index (χ2n) is 5.76. The minimum atomic E-state index is -4.22. The molecule has 10 heteroatoms. The van der Waals surface area contributed by atoms with Crippen LogP contribution in [0.15, 0.2) is 70.9 Å². The van der Waals surface area contributed by atoms with E-state index in [0.717, 1.165) is 18.2 Å². The molecule has 0 fully saturated rings. The van der Waals surface area contributed by atoms with E-state index in [1.165, 1.54) is 36.4 Å². The normalized spacial score (nSPS) is 14.1. The van der Waals surface area contributed by atoms with E-state index in [-0.39, 0.29) is 10.6 Å². The molecule has 0 aromatic heterocycles. The maximum atomic E-state index is 14.4. The number of nitrogens with one attached hydrogen (secondary N) is 1. The Balaban J connectivity index is 2.65. The molecule has 0 saturated carbocycles. The van der Waals surface area contributed by atoms with E-state index in [0.29, 0.717) is 17.3 Å². The summed E-state index contributed by atoms with van der Waals surface area (Å²) < 4.78 is 57.4. The number of sulfone groups is 1. The Morgan fingerprint density at radius 1 is 1.14 bits per heavy atom.